The summed E-state index contributed by atoms with van der Waals surface area (Å²) in [5.74, 6) is 0.417. The van der Waals surface area contributed by atoms with Gasteiger partial charge < -0.3 is 4.40 Å². The lowest BCUT2D eigenvalue weighted by Gasteiger charge is -1.96. The molecule has 6 nitrogen and oxygen atoms in total. The van der Waals surface area contributed by atoms with Crippen molar-refractivity contribution in [2.24, 2.45) is 0 Å². The molecule has 0 spiro atoms. The van der Waals surface area contributed by atoms with E-state index in [-0.39, 0.29) is 5.82 Å². The number of aromatic nitrogens is 4. The Labute approximate surface area is 133 Å². The number of hydrogen-bond donors (Lipinski definition) is 1. The van der Waals surface area contributed by atoms with Crippen LogP contribution in [0, 0.1) is 19.7 Å². The molecule has 0 saturated heterocycles. The van der Waals surface area contributed by atoms with Crippen molar-refractivity contribution >= 4 is 5.65 Å². The molecule has 1 aliphatic carbocycles. The fraction of sp³-hybridized carbons (Fsp3) is 0.438. The molecule has 0 atom stereocenters. The third-order valence-corrected chi connectivity index (χ3v) is 3.37. The molecule has 0 unspecified atom stereocenters. The quantitative estimate of drug-likeness (QED) is 0.746. The first-order chi connectivity index (χ1) is 11.0. The molecule has 3 aromatic rings. The molecule has 0 aromatic carbocycles. The summed E-state index contributed by atoms with van der Waals surface area (Å²) in [4.78, 5) is 16.8. The van der Waals surface area contributed by atoms with Crippen molar-refractivity contribution in [1.29, 1.82) is 0 Å². The maximum atomic E-state index is 13.0. The maximum absolute atomic E-state index is 13.0. The van der Waals surface area contributed by atoms with Crippen LogP contribution in [0.3, 0.4) is 0 Å². The van der Waals surface area contributed by atoms with Crippen LogP contribution in [0.5, 0.6) is 0 Å². The second-order valence-corrected chi connectivity index (χ2v) is 5.11. The van der Waals surface area contributed by atoms with Gasteiger partial charge in [-0.1, -0.05) is 19.0 Å². The third-order valence-electron chi connectivity index (χ3n) is 3.37. The number of nitrogens with zero attached hydrogens (tertiary/aromatic N) is 3. The van der Waals surface area contributed by atoms with Gasteiger partial charge in [0.2, 0.25) is 0 Å². The highest BCUT2D eigenvalue weighted by Crippen LogP contribution is 2.41. The molecule has 0 amide bonds. The highest BCUT2D eigenvalue weighted by Gasteiger charge is 2.28. The topological polar surface area (TPSA) is 76.2 Å². The zero-order valence-electron chi connectivity index (χ0n) is 13.8. The number of H-pyrrole nitrogens is 1. The Morgan fingerprint density at radius 2 is 2.00 bits per heavy atom. The van der Waals surface area contributed by atoms with E-state index in [0.29, 0.717) is 11.7 Å². The first-order valence-corrected chi connectivity index (χ1v) is 7.71. The van der Waals surface area contributed by atoms with E-state index in [2.05, 4.69) is 19.6 Å². The fourth-order valence-electron chi connectivity index (χ4n) is 2.20. The van der Waals surface area contributed by atoms with Crippen LogP contribution in [0.4, 0.5) is 4.39 Å². The number of halogens is 1. The molecule has 1 N–H and O–H groups in total. The summed E-state index contributed by atoms with van der Waals surface area (Å²) in [7, 11) is 0. The molecule has 7 heteroatoms. The van der Waals surface area contributed by atoms with E-state index in [1.54, 1.807) is 13.0 Å². The van der Waals surface area contributed by atoms with E-state index in [0.717, 1.165) is 17.0 Å². The highest BCUT2D eigenvalue weighted by molar-refractivity contribution is 5.44. The number of rotatable bonds is 1. The number of pyridine rings is 1. The first-order valence-electron chi connectivity index (χ1n) is 7.71. The molecule has 1 aliphatic rings. The first kappa shape index (κ1) is 16.9. The van der Waals surface area contributed by atoms with Gasteiger partial charge in [-0.3, -0.25) is 9.51 Å². The van der Waals surface area contributed by atoms with Crippen molar-refractivity contribution in [3.63, 3.8) is 0 Å². The van der Waals surface area contributed by atoms with Crippen molar-refractivity contribution in [2.75, 3.05) is 0 Å². The average Bonchev–Trinajstić information content (AvgIpc) is 3.25. The smallest absolute Gasteiger partial charge is 0.301 e. The Morgan fingerprint density at radius 1 is 1.30 bits per heavy atom. The molecule has 0 radical (unpaired) electrons. The van der Waals surface area contributed by atoms with Gasteiger partial charge in [-0.25, -0.2) is 14.2 Å². The van der Waals surface area contributed by atoms with Gasteiger partial charge in [0.15, 0.2) is 0 Å². The van der Waals surface area contributed by atoms with Crippen LogP contribution < -0.4 is 5.76 Å². The average molecular weight is 320 g/mol. The van der Waals surface area contributed by atoms with E-state index >= 15 is 0 Å². The van der Waals surface area contributed by atoms with Crippen LogP contribution in [0.1, 0.15) is 49.8 Å². The Bertz CT molecular complexity index is 830. The van der Waals surface area contributed by atoms with Crippen molar-refractivity contribution in [3.8, 4) is 0 Å². The monoisotopic (exact) mass is 320 g/mol. The predicted octanol–water partition coefficient (Wildman–Crippen LogP) is 3.36. The molecule has 0 bridgehead atoms. The molecule has 3 aromatic heterocycles. The number of nitrogens with one attached hydrogen (secondary N) is 1. The second kappa shape index (κ2) is 7.21. The minimum absolute atomic E-state index is 0.208. The highest BCUT2D eigenvalue weighted by atomic mass is 19.1. The van der Waals surface area contributed by atoms with Crippen LogP contribution in [-0.2, 0) is 0 Å². The fourth-order valence-corrected chi connectivity index (χ4v) is 2.20. The van der Waals surface area contributed by atoms with E-state index in [9.17, 15) is 9.18 Å². The van der Waals surface area contributed by atoms with Gasteiger partial charge in [-0.05, 0) is 38.8 Å². The zero-order chi connectivity index (χ0) is 17.0. The maximum Gasteiger partial charge on any atom is 0.438 e. The number of aryl methyl sites for hydroxylation is 2. The van der Waals surface area contributed by atoms with Gasteiger partial charge in [-0.2, -0.15) is 0 Å². The van der Waals surface area contributed by atoms with Crippen molar-refractivity contribution in [1.82, 2.24) is 19.5 Å². The molecule has 1 saturated carbocycles. The predicted molar refractivity (Wildman–Crippen MR) is 85.1 cm³/mol. The Kier molecular flexibility index (Phi) is 5.31. The van der Waals surface area contributed by atoms with Gasteiger partial charge in [-0.15, -0.1) is 0 Å². The molecule has 1 fully saturated rings. The molecule has 3 heterocycles. The van der Waals surface area contributed by atoms with Crippen LogP contribution >= 0.6 is 0 Å². The summed E-state index contributed by atoms with van der Waals surface area (Å²) in [6.07, 6.45) is 3.96. The lowest BCUT2D eigenvalue weighted by atomic mass is 10.2. The van der Waals surface area contributed by atoms with Crippen LogP contribution in [0.2, 0.25) is 0 Å². The van der Waals surface area contributed by atoms with Crippen molar-refractivity contribution in [2.45, 2.75) is 46.5 Å². The number of imidazole rings is 1. The summed E-state index contributed by atoms with van der Waals surface area (Å²) in [6, 6.07) is 3.19. The Hall–Kier alpha value is -2.44. The summed E-state index contributed by atoms with van der Waals surface area (Å²) in [5, 5.41) is 3.27. The summed E-state index contributed by atoms with van der Waals surface area (Å²) in [6.45, 7) is 7.65. The zero-order valence-corrected chi connectivity index (χ0v) is 13.8. The lowest BCUT2D eigenvalue weighted by Crippen LogP contribution is -1.93. The molecular formula is C16H21FN4O2. The summed E-state index contributed by atoms with van der Waals surface area (Å²) in [5.41, 5.74) is 3.09. The third kappa shape index (κ3) is 4.06. The van der Waals surface area contributed by atoms with Crippen molar-refractivity contribution < 1.29 is 8.91 Å². The SMILES string of the molecule is CC.Cc1c(C2CC2)nc2ccc(F)cn12.Cc1noc(=O)[nH]1. The van der Waals surface area contributed by atoms with Gasteiger partial charge >= 0.3 is 5.76 Å². The Morgan fingerprint density at radius 3 is 2.48 bits per heavy atom. The molecule has 124 valence electrons. The van der Waals surface area contributed by atoms with E-state index in [4.69, 9.17) is 0 Å². The molecule has 23 heavy (non-hydrogen) atoms. The second-order valence-electron chi connectivity index (χ2n) is 5.11. The lowest BCUT2D eigenvalue weighted by molar-refractivity contribution is 0.383. The van der Waals surface area contributed by atoms with Crippen LogP contribution in [-0.4, -0.2) is 19.5 Å². The standard InChI is InChI=1S/C11H11FN2.C3H4N2O2.C2H6/c1-7-11(8-2-3-8)13-10-5-4-9(12)6-14(7)10;1-2-4-3(6)7-5-2;1-2/h4-6,8H,2-3H2,1H3;1H3,(H,4,5,6);1-2H3. The molecule has 4 rings (SSSR count). The largest absolute Gasteiger partial charge is 0.438 e. The van der Waals surface area contributed by atoms with Gasteiger partial charge in [0.25, 0.3) is 0 Å². The Balaban J connectivity index is 0.000000181. The van der Waals surface area contributed by atoms with Crippen LogP contribution in [0.25, 0.3) is 5.65 Å². The number of fused-ring (bicyclic) bond motifs is 1. The summed E-state index contributed by atoms with van der Waals surface area (Å²) < 4.78 is 18.9. The van der Waals surface area contributed by atoms with Gasteiger partial charge in [0, 0.05) is 17.8 Å². The van der Waals surface area contributed by atoms with Crippen LogP contribution in [0.15, 0.2) is 27.6 Å². The molecule has 0 aliphatic heterocycles. The summed E-state index contributed by atoms with van der Waals surface area (Å²) >= 11 is 0. The van der Waals surface area contributed by atoms with Crippen molar-refractivity contribution in [3.05, 3.63) is 51.9 Å². The number of hydrogen-bond acceptors (Lipinski definition) is 4. The number of aromatic amines is 1. The minimum Gasteiger partial charge on any atom is -0.301 e. The van der Waals surface area contributed by atoms with Gasteiger partial charge in [0.05, 0.1) is 5.69 Å². The van der Waals surface area contributed by atoms with E-state index < -0.39 is 5.76 Å². The minimum atomic E-state index is -0.502. The van der Waals surface area contributed by atoms with E-state index in [1.165, 1.54) is 25.1 Å². The van der Waals surface area contributed by atoms with E-state index in [1.807, 2.05) is 25.2 Å². The van der Waals surface area contributed by atoms with Gasteiger partial charge in [0.1, 0.15) is 17.3 Å². The normalized spacial score (nSPS) is 13.1. The molecular weight excluding hydrogens is 299 g/mol.